The lowest BCUT2D eigenvalue weighted by Crippen LogP contribution is -2.63. The average molecular weight is 1170 g/mol. The molecule has 8 aromatic rings. The summed E-state index contributed by atoms with van der Waals surface area (Å²) in [5.41, 5.74) is 14.2. The highest BCUT2D eigenvalue weighted by Crippen LogP contribution is 2.34. The monoisotopic (exact) mass is 1170 g/mol. The molecule has 10 rings (SSSR count). The number of carbonyl (C=O) groups excluding carboxylic acids is 6. The summed E-state index contributed by atoms with van der Waals surface area (Å²) in [5, 5.41) is 17.0. The molecule has 442 valence electrons. The largest absolute Gasteiger partial charge is 0.452 e. The van der Waals surface area contributed by atoms with Gasteiger partial charge in [-0.3, -0.25) is 9.36 Å². The molecule has 0 amide bonds. The molecule has 86 heavy (non-hydrogen) atoms. The van der Waals surface area contributed by atoms with Gasteiger partial charge in [-0.05, 0) is 72.8 Å². The molecule has 2 aromatic heterocycles. The number of rotatable bonds is 23. The number of benzene rings is 6. The van der Waals surface area contributed by atoms with Crippen LogP contribution in [0, 0.1) is 0 Å². The Kier molecular flexibility index (Phi) is 19.8. The first kappa shape index (κ1) is 59.3. The van der Waals surface area contributed by atoms with Crippen LogP contribution in [0.1, 0.15) is 73.5 Å². The topological polar surface area (TPSA) is 308 Å². The van der Waals surface area contributed by atoms with Crippen LogP contribution in [0.15, 0.2) is 194 Å². The van der Waals surface area contributed by atoms with Crippen molar-refractivity contribution < 1.29 is 76.1 Å². The fraction of sp³-hybridized carbons (Fsp3) is 0.258. The lowest BCUT2D eigenvalue weighted by Gasteiger charge is -2.44. The van der Waals surface area contributed by atoms with Crippen LogP contribution in [0.4, 0.5) is 0 Å². The number of ether oxygens (including phenoxy) is 10. The number of nitrogens with zero attached hydrogens (tertiary/aromatic N) is 6. The van der Waals surface area contributed by atoms with Crippen molar-refractivity contribution in [3.8, 4) is 0 Å². The molecule has 2 aliphatic heterocycles. The SMILES string of the molecule is NC[C@H]1O[C@H](OCc2cn(CCn3cc(CO[C@H]4O[C@H](CN)[C@@H](OC(=O)c5ccccc5)[C@H](OC(=O)c5ccccc5)[C@@H]4OC(=O)c4ccccc4)nn3)nn2)[C@@H](OC(=O)c2ccccc2)[C@@H](OC(=O)c2ccccc2)[C@@H]1OC(=O)c1ccccc1. The van der Waals surface area contributed by atoms with Gasteiger partial charge in [-0.25, -0.2) is 28.8 Å². The smallest absolute Gasteiger partial charge is 0.338 e. The van der Waals surface area contributed by atoms with Crippen LogP contribution >= 0.6 is 0 Å². The van der Waals surface area contributed by atoms with Crippen LogP contribution in [-0.4, -0.2) is 140 Å². The Morgan fingerprint density at radius 2 is 0.605 bits per heavy atom. The standard InChI is InChI=1S/C62H58N8O16/c63-33-47-49(81-55(71)39-19-7-1-8-20-39)51(83-57(73)41-23-11-3-12-24-41)53(85-59(75)43-27-15-5-16-28-43)61(79-47)77-37-45-35-69(67-65-45)31-32-70-36-46(66-68-70)38-78-62-54(86-60(76)44-29-17-6-18-30-44)52(84-58(74)42-25-13-4-14-26-42)50(48(34-64)80-62)82-56(72)40-21-9-2-10-22-40/h1-30,35-36,47-54,61-62H,31-34,37-38,63-64H2/t47-,48-,49-,50-,51+,52+,53+,54+,61+,62+/m1/s1. The van der Waals surface area contributed by atoms with Crippen molar-refractivity contribution >= 4 is 35.8 Å². The molecule has 6 aromatic carbocycles. The highest BCUT2D eigenvalue weighted by atomic mass is 16.7. The summed E-state index contributed by atoms with van der Waals surface area (Å²) in [6.45, 7) is -0.585. The van der Waals surface area contributed by atoms with Gasteiger partial charge in [0.1, 0.15) is 23.6 Å². The maximum absolute atomic E-state index is 13.8. The third-order valence-electron chi connectivity index (χ3n) is 13.7. The zero-order valence-corrected chi connectivity index (χ0v) is 45.9. The lowest BCUT2D eigenvalue weighted by atomic mass is 9.97. The first-order valence-electron chi connectivity index (χ1n) is 27.3. The summed E-state index contributed by atoms with van der Waals surface area (Å²) in [5.74, 6) is -4.80. The highest BCUT2D eigenvalue weighted by Gasteiger charge is 2.54. The second kappa shape index (κ2) is 28.6. The summed E-state index contributed by atoms with van der Waals surface area (Å²) in [6.07, 6.45) is -10.9. The molecule has 10 atom stereocenters. The van der Waals surface area contributed by atoms with Gasteiger partial charge < -0.3 is 58.8 Å². The van der Waals surface area contributed by atoms with Crippen LogP contribution in [-0.2, 0) is 73.7 Å². The third-order valence-corrected chi connectivity index (χ3v) is 13.7. The molecule has 0 unspecified atom stereocenters. The van der Waals surface area contributed by atoms with Crippen molar-refractivity contribution in [3.05, 3.63) is 239 Å². The van der Waals surface area contributed by atoms with E-state index in [1.807, 2.05) is 0 Å². The third kappa shape index (κ3) is 14.9. The molecule has 2 aliphatic rings. The van der Waals surface area contributed by atoms with E-state index in [1.54, 1.807) is 146 Å². The van der Waals surface area contributed by atoms with E-state index in [0.29, 0.717) is 11.4 Å². The van der Waals surface area contributed by atoms with Gasteiger partial charge >= 0.3 is 35.8 Å². The molecule has 0 spiro atoms. The predicted molar refractivity (Wildman–Crippen MR) is 299 cm³/mol. The van der Waals surface area contributed by atoms with Gasteiger partial charge in [-0.2, -0.15) is 0 Å². The second-order valence-electron chi connectivity index (χ2n) is 19.5. The number of aryl methyl sites for hydroxylation is 2. The maximum Gasteiger partial charge on any atom is 0.338 e. The minimum absolute atomic E-state index is 0.165. The van der Waals surface area contributed by atoms with Crippen LogP contribution < -0.4 is 11.5 Å². The van der Waals surface area contributed by atoms with Crippen molar-refractivity contribution in [2.24, 2.45) is 11.5 Å². The average Bonchev–Trinajstić information content (AvgIpc) is 2.09. The van der Waals surface area contributed by atoms with Gasteiger partial charge in [0.15, 0.2) is 49.2 Å². The number of aromatic nitrogens is 6. The molecule has 0 bridgehead atoms. The Morgan fingerprint density at radius 1 is 0.360 bits per heavy atom. The Morgan fingerprint density at radius 3 is 0.860 bits per heavy atom. The van der Waals surface area contributed by atoms with Gasteiger partial charge in [-0.1, -0.05) is 120 Å². The summed E-state index contributed by atoms with van der Waals surface area (Å²) in [7, 11) is 0. The van der Waals surface area contributed by atoms with Crippen molar-refractivity contribution in [1.29, 1.82) is 0 Å². The lowest BCUT2D eigenvalue weighted by molar-refractivity contribution is -0.295. The second-order valence-corrected chi connectivity index (χ2v) is 19.5. The Bertz CT molecular complexity index is 3300. The van der Waals surface area contributed by atoms with Gasteiger partial charge in [0.25, 0.3) is 0 Å². The molecule has 24 heteroatoms. The summed E-state index contributed by atoms with van der Waals surface area (Å²) >= 11 is 0. The van der Waals surface area contributed by atoms with Crippen molar-refractivity contribution in [2.75, 3.05) is 13.1 Å². The Hall–Kier alpha value is -9.82. The summed E-state index contributed by atoms with van der Waals surface area (Å²) in [6, 6.07) is 48.7. The quantitative estimate of drug-likeness (QED) is 0.0604. The van der Waals surface area contributed by atoms with E-state index in [9.17, 15) is 28.8 Å². The van der Waals surface area contributed by atoms with Crippen LogP contribution in [0.5, 0.6) is 0 Å². The van der Waals surface area contributed by atoms with Gasteiger partial charge in [0.05, 0.1) is 72.1 Å². The fourth-order valence-corrected chi connectivity index (χ4v) is 9.37. The molecule has 4 heterocycles. The minimum atomic E-state index is -1.53. The normalized spacial score (nSPS) is 21.7. The highest BCUT2D eigenvalue weighted by molar-refractivity contribution is 5.92. The minimum Gasteiger partial charge on any atom is -0.452 e. The van der Waals surface area contributed by atoms with Crippen molar-refractivity contribution in [1.82, 2.24) is 30.0 Å². The van der Waals surface area contributed by atoms with E-state index in [-0.39, 0.29) is 72.8 Å². The summed E-state index contributed by atoms with van der Waals surface area (Å²) in [4.78, 5) is 82.5. The first-order chi connectivity index (χ1) is 42.0. The van der Waals surface area contributed by atoms with Crippen LogP contribution in [0.3, 0.4) is 0 Å². The van der Waals surface area contributed by atoms with E-state index < -0.39 is 97.2 Å². The van der Waals surface area contributed by atoms with Gasteiger partial charge in [0, 0.05) is 13.1 Å². The first-order valence-corrected chi connectivity index (χ1v) is 27.3. The number of hydrogen-bond acceptors (Lipinski definition) is 22. The van der Waals surface area contributed by atoms with Crippen molar-refractivity contribution in [2.45, 2.75) is 87.7 Å². The fourth-order valence-electron chi connectivity index (χ4n) is 9.37. The van der Waals surface area contributed by atoms with E-state index in [0.717, 1.165) is 0 Å². The predicted octanol–water partition coefficient (Wildman–Crippen LogP) is 5.32. The molecular weight excluding hydrogens is 1110 g/mol. The number of carbonyl (C=O) groups is 6. The summed E-state index contributed by atoms with van der Waals surface area (Å²) < 4.78 is 64.5. The molecule has 0 saturated carbocycles. The van der Waals surface area contributed by atoms with Gasteiger partial charge in [-0.15, -0.1) is 10.2 Å². The van der Waals surface area contributed by atoms with Crippen LogP contribution in [0.25, 0.3) is 0 Å². The molecule has 24 nitrogen and oxygen atoms in total. The van der Waals surface area contributed by atoms with Crippen LogP contribution in [0.2, 0.25) is 0 Å². The van der Waals surface area contributed by atoms with E-state index >= 15 is 0 Å². The molecule has 2 saturated heterocycles. The van der Waals surface area contributed by atoms with E-state index in [2.05, 4.69) is 20.6 Å². The maximum atomic E-state index is 13.8. The van der Waals surface area contributed by atoms with E-state index in [4.69, 9.17) is 58.8 Å². The zero-order chi connectivity index (χ0) is 59.8. The number of esters is 6. The van der Waals surface area contributed by atoms with Crippen molar-refractivity contribution in [3.63, 3.8) is 0 Å². The molecule has 4 N–H and O–H groups in total. The Balaban J connectivity index is 0.831. The molecule has 0 radical (unpaired) electrons. The molecule has 2 fully saturated rings. The zero-order valence-electron chi connectivity index (χ0n) is 45.9. The Labute approximate surface area is 491 Å². The molecule has 0 aliphatic carbocycles. The van der Waals surface area contributed by atoms with E-state index in [1.165, 1.54) is 57.9 Å². The molecular formula is C62H58N8O16. The number of nitrogens with two attached hydrogens (primary N) is 2. The van der Waals surface area contributed by atoms with Gasteiger partial charge in [0.2, 0.25) is 0 Å². The number of hydrogen-bond donors (Lipinski definition) is 2.